The second-order valence-corrected chi connectivity index (χ2v) is 5.57. The van der Waals surface area contributed by atoms with Gasteiger partial charge in [0, 0.05) is 23.4 Å². The summed E-state index contributed by atoms with van der Waals surface area (Å²) in [4.78, 5) is 22.3. The van der Waals surface area contributed by atoms with Crippen LogP contribution in [0.2, 0.25) is 0 Å². The first-order valence-corrected chi connectivity index (χ1v) is 7.43. The van der Waals surface area contributed by atoms with Crippen molar-refractivity contribution in [2.75, 3.05) is 10.6 Å². The molecule has 0 unspecified atom stereocenters. The fourth-order valence-corrected chi connectivity index (χ4v) is 2.25. The van der Waals surface area contributed by atoms with Crippen LogP contribution >= 0.6 is 0 Å². The molecule has 0 saturated heterocycles. The van der Waals surface area contributed by atoms with Gasteiger partial charge in [0.1, 0.15) is 5.69 Å². The molecule has 3 rings (SSSR count). The van der Waals surface area contributed by atoms with Crippen LogP contribution in [0.25, 0.3) is 0 Å². The van der Waals surface area contributed by atoms with Crippen LogP contribution in [-0.2, 0) is 4.79 Å². The number of anilines is 3. The van der Waals surface area contributed by atoms with Gasteiger partial charge in [0.05, 0.1) is 16.6 Å². The summed E-state index contributed by atoms with van der Waals surface area (Å²) in [5.74, 6) is 0.146. The Hall–Kier alpha value is -3.40. The minimum atomic E-state index is -0.506. The van der Waals surface area contributed by atoms with Crippen molar-refractivity contribution < 1.29 is 9.72 Å². The third-order valence-corrected chi connectivity index (χ3v) is 3.70. The lowest BCUT2D eigenvalue weighted by molar-refractivity contribution is -0.383. The van der Waals surface area contributed by atoms with Crippen LogP contribution in [-0.4, -0.2) is 10.8 Å². The number of hydrogen-bond acceptors (Lipinski definition) is 5. The lowest BCUT2D eigenvalue weighted by Gasteiger charge is -2.09. The fourth-order valence-electron chi connectivity index (χ4n) is 2.25. The molecule has 2 aromatic rings. The summed E-state index contributed by atoms with van der Waals surface area (Å²) >= 11 is 0. The van der Waals surface area contributed by atoms with E-state index in [9.17, 15) is 14.9 Å². The van der Waals surface area contributed by atoms with Gasteiger partial charge in [0.25, 0.3) is 5.69 Å². The van der Waals surface area contributed by atoms with Gasteiger partial charge in [-0.05, 0) is 49.2 Å². The molecule has 1 amide bonds. The van der Waals surface area contributed by atoms with Crippen LogP contribution in [0.5, 0.6) is 0 Å². The summed E-state index contributed by atoms with van der Waals surface area (Å²) in [6.45, 7) is 0. The van der Waals surface area contributed by atoms with Crippen LogP contribution in [0.15, 0.2) is 42.5 Å². The Balaban J connectivity index is 1.77. The number of nitriles is 1. The zero-order valence-corrected chi connectivity index (χ0v) is 12.7. The number of carbonyl (C=O) groups is 1. The van der Waals surface area contributed by atoms with E-state index in [4.69, 9.17) is 5.26 Å². The lowest BCUT2D eigenvalue weighted by Crippen LogP contribution is -2.13. The van der Waals surface area contributed by atoms with Crippen molar-refractivity contribution in [1.82, 2.24) is 0 Å². The van der Waals surface area contributed by atoms with Crippen molar-refractivity contribution >= 4 is 28.7 Å². The standard InChI is InChI=1S/C17H14N4O3/c18-10-11-1-8-16(21(23)24)15(9-11)19-13-4-6-14(7-5-13)20-17(22)12-2-3-12/h1,4-9,12,19H,2-3H2,(H,20,22). The van der Waals surface area contributed by atoms with Crippen molar-refractivity contribution in [2.45, 2.75) is 12.8 Å². The van der Waals surface area contributed by atoms with Crippen LogP contribution in [0, 0.1) is 27.4 Å². The van der Waals surface area contributed by atoms with Crippen molar-refractivity contribution in [3.8, 4) is 6.07 Å². The minimum absolute atomic E-state index is 0.0214. The van der Waals surface area contributed by atoms with Gasteiger partial charge in [-0.15, -0.1) is 0 Å². The normalized spacial score (nSPS) is 13.0. The second kappa shape index (κ2) is 6.38. The summed E-state index contributed by atoms with van der Waals surface area (Å²) in [5, 5.41) is 25.8. The molecule has 0 atom stereocenters. The molecule has 24 heavy (non-hydrogen) atoms. The second-order valence-electron chi connectivity index (χ2n) is 5.57. The Morgan fingerprint density at radius 3 is 2.42 bits per heavy atom. The van der Waals surface area contributed by atoms with E-state index < -0.39 is 4.92 Å². The van der Waals surface area contributed by atoms with Crippen LogP contribution < -0.4 is 10.6 Å². The number of rotatable bonds is 5. The highest BCUT2D eigenvalue weighted by Gasteiger charge is 2.29. The quantitative estimate of drug-likeness (QED) is 0.646. The van der Waals surface area contributed by atoms with Gasteiger partial charge >= 0.3 is 0 Å². The Morgan fingerprint density at radius 2 is 1.83 bits per heavy atom. The van der Waals surface area contributed by atoms with Gasteiger partial charge in [-0.25, -0.2) is 0 Å². The van der Waals surface area contributed by atoms with E-state index in [1.54, 1.807) is 24.3 Å². The maximum atomic E-state index is 11.7. The highest BCUT2D eigenvalue weighted by molar-refractivity contribution is 5.94. The molecule has 0 aromatic heterocycles. The van der Waals surface area contributed by atoms with E-state index in [-0.39, 0.29) is 23.2 Å². The largest absolute Gasteiger partial charge is 0.350 e. The molecule has 2 N–H and O–H groups in total. The number of amides is 1. The molecule has 7 heteroatoms. The van der Waals surface area contributed by atoms with Gasteiger partial charge < -0.3 is 10.6 Å². The molecule has 0 aliphatic heterocycles. The lowest BCUT2D eigenvalue weighted by atomic mass is 10.1. The first-order valence-electron chi connectivity index (χ1n) is 7.43. The molecule has 1 fully saturated rings. The van der Waals surface area contributed by atoms with Gasteiger partial charge in [-0.1, -0.05) is 0 Å². The Kier molecular flexibility index (Phi) is 4.12. The average molecular weight is 322 g/mol. The number of benzene rings is 2. The zero-order chi connectivity index (χ0) is 17.1. The summed E-state index contributed by atoms with van der Waals surface area (Å²) < 4.78 is 0. The van der Waals surface area contributed by atoms with Crippen LogP contribution in [0.3, 0.4) is 0 Å². The van der Waals surface area contributed by atoms with Gasteiger partial charge in [0.2, 0.25) is 5.91 Å². The maximum absolute atomic E-state index is 11.7. The van der Waals surface area contributed by atoms with E-state index >= 15 is 0 Å². The number of hydrogen-bond donors (Lipinski definition) is 2. The zero-order valence-electron chi connectivity index (χ0n) is 12.7. The number of nitrogens with zero attached hydrogens (tertiary/aromatic N) is 2. The highest BCUT2D eigenvalue weighted by atomic mass is 16.6. The Bertz CT molecular complexity index is 836. The first-order chi connectivity index (χ1) is 11.6. The molecule has 0 radical (unpaired) electrons. The molecule has 0 heterocycles. The predicted molar refractivity (Wildman–Crippen MR) is 88.9 cm³/mol. The highest BCUT2D eigenvalue weighted by Crippen LogP contribution is 2.31. The Morgan fingerprint density at radius 1 is 1.17 bits per heavy atom. The number of nitro benzene ring substituents is 1. The van der Waals surface area contributed by atoms with Crippen molar-refractivity contribution in [3.63, 3.8) is 0 Å². The molecule has 1 aliphatic rings. The molecular formula is C17H14N4O3. The molecule has 1 aliphatic carbocycles. The van der Waals surface area contributed by atoms with Gasteiger partial charge in [-0.3, -0.25) is 14.9 Å². The molecule has 7 nitrogen and oxygen atoms in total. The number of carbonyl (C=O) groups excluding carboxylic acids is 1. The van der Waals surface area contributed by atoms with E-state index in [0.29, 0.717) is 16.9 Å². The SMILES string of the molecule is N#Cc1ccc([N+](=O)[O-])c(Nc2ccc(NC(=O)C3CC3)cc2)c1. The third-order valence-electron chi connectivity index (χ3n) is 3.70. The third kappa shape index (κ3) is 3.50. The van der Waals surface area contributed by atoms with Crippen LogP contribution in [0.1, 0.15) is 18.4 Å². The van der Waals surface area contributed by atoms with Crippen LogP contribution in [0.4, 0.5) is 22.7 Å². The average Bonchev–Trinajstić information content (AvgIpc) is 3.41. The topological polar surface area (TPSA) is 108 Å². The first kappa shape index (κ1) is 15.5. The number of nitro groups is 1. The van der Waals surface area contributed by atoms with E-state index in [1.165, 1.54) is 18.2 Å². The predicted octanol–water partition coefficient (Wildman–Crippen LogP) is 3.56. The van der Waals surface area contributed by atoms with Crippen molar-refractivity contribution in [2.24, 2.45) is 5.92 Å². The van der Waals surface area contributed by atoms with E-state index in [0.717, 1.165) is 12.8 Å². The van der Waals surface area contributed by atoms with Crippen molar-refractivity contribution in [3.05, 3.63) is 58.1 Å². The smallest absolute Gasteiger partial charge is 0.292 e. The molecule has 2 aromatic carbocycles. The fraction of sp³-hybridized carbons (Fsp3) is 0.176. The summed E-state index contributed by atoms with van der Waals surface area (Å²) in [6, 6.07) is 13.0. The maximum Gasteiger partial charge on any atom is 0.292 e. The van der Waals surface area contributed by atoms with Gasteiger partial charge in [-0.2, -0.15) is 5.26 Å². The summed E-state index contributed by atoms with van der Waals surface area (Å²) in [7, 11) is 0. The van der Waals surface area contributed by atoms with E-state index in [2.05, 4.69) is 10.6 Å². The molecule has 0 bridgehead atoms. The molecular weight excluding hydrogens is 308 g/mol. The number of nitrogens with one attached hydrogen (secondary N) is 2. The molecule has 120 valence electrons. The Labute approximate surface area is 138 Å². The van der Waals surface area contributed by atoms with Crippen molar-refractivity contribution in [1.29, 1.82) is 5.26 Å². The van der Waals surface area contributed by atoms with E-state index in [1.807, 2.05) is 6.07 Å². The molecule has 0 spiro atoms. The van der Waals surface area contributed by atoms with Gasteiger partial charge in [0.15, 0.2) is 0 Å². The molecule has 1 saturated carbocycles. The summed E-state index contributed by atoms with van der Waals surface area (Å²) in [5.41, 5.74) is 1.76. The monoisotopic (exact) mass is 322 g/mol. The summed E-state index contributed by atoms with van der Waals surface area (Å²) in [6.07, 6.45) is 1.87. The minimum Gasteiger partial charge on any atom is -0.350 e.